The molecule has 2 heteroatoms. The highest BCUT2D eigenvalue weighted by atomic mass is 16.5. The van der Waals surface area contributed by atoms with E-state index in [2.05, 4.69) is 0 Å². The third kappa shape index (κ3) is 7.76. The Hall–Kier alpha value is -0.340. The predicted octanol–water partition coefficient (Wildman–Crippen LogP) is 2.13. The molecule has 0 fully saturated rings. The third-order valence-electron chi connectivity index (χ3n) is 1.52. The second kappa shape index (κ2) is 7.32. The minimum Gasteiger partial charge on any atom is -0.389 e. The molecule has 0 aromatic carbocycles. The molecule has 0 radical (unpaired) electrons. The van der Waals surface area contributed by atoms with Gasteiger partial charge in [-0.2, -0.15) is 0 Å². The van der Waals surface area contributed by atoms with Crippen LogP contribution in [0.4, 0.5) is 0 Å². The lowest BCUT2D eigenvalue weighted by atomic mass is 10.1. The minimum atomic E-state index is -0.296. The summed E-state index contributed by atoms with van der Waals surface area (Å²) in [4.78, 5) is 0. The normalized spacial score (nSPS) is 12.7. The number of rotatable bonds is 6. The van der Waals surface area contributed by atoms with Gasteiger partial charge in [0, 0.05) is 13.2 Å². The molecule has 72 valence electrons. The van der Waals surface area contributed by atoms with Crippen molar-refractivity contribution in [2.45, 2.75) is 39.7 Å². The highest BCUT2D eigenvalue weighted by Crippen LogP contribution is 2.02. The van der Waals surface area contributed by atoms with Crippen molar-refractivity contribution in [3.05, 3.63) is 11.6 Å². The molecule has 12 heavy (non-hydrogen) atoms. The topological polar surface area (TPSA) is 29.5 Å². The number of aliphatic hydroxyl groups excluding tert-OH is 1. The molecule has 0 aliphatic heterocycles. The lowest BCUT2D eigenvalue weighted by Gasteiger charge is -2.05. The van der Waals surface area contributed by atoms with Crippen LogP contribution in [0, 0.1) is 0 Å². The van der Waals surface area contributed by atoms with Gasteiger partial charge in [-0.1, -0.05) is 11.6 Å². The smallest absolute Gasteiger partial charge is 0.0724 e. The molecule has 0 aromatic heterocycles. The second-order valence-electron chi connectivity index (χ2n) is 3.15. The zero-order valence-electron chi connectivity index (χ0n) is 8.34. The van der Waals surface area contributed by atoms with E-state index < -0.39 is 0 Å². The average Bonchev–Trinajstić information content (AvgIpc) is 1.97. The molecular formula is C10H20O2. The Kier molecular flexibility index (Phi) is 7.11. The van der Waals surface area contributed by atoms with Crippen LogP contribution in [0.3, 0.4) is 0 Å². The molecule has 0 aliphatic rings. The van der Waals surface area contributed by atoms with Gasteiger partial charge in [-0.15, -0.1) is 0 Å². The molecule has 0 spiro atoms. The van der Waals surface area contributed by atoms with E-state index in [0.717, 1.165) is 26.1 Å². The molecular weight excluding hydrogens is 152 g/mol. The van der Waals surface area contributed by atoms with Crippen molar-refractivity contribution < 1.29 is 9.84 Å². The van der Waals surface area contributed by atoms with Gasteiger partial charge in [-0.3, -0.25) is 0 Å². The van der Waals surface area contributed by atoms with E-state index in [1.807, 2.05) is 26.8 Å². The van der Waals surface area contributed by atoms with Crippen molar-refractivity contribution in [1.82, 2.24) is 0 Å². The molecule has 0 aromatic rings. The summed E-state index contributed by atoms with van der Waals surface area (Å²) >= 11 is 0. The number of ether oxygens (including phenoxy) is 1. The maximum absolute atomic E-state index is 9.39. The maximum Gasteiger partial charge on any atom is 0.0724 e. The number of aliphatic hydroxyl groups is 1. The summed E-state index contributed by atoms with van der Waals surface area (Å²) in [6.07, 6.45) is 3.31. The lowest BCUT2D eigenvalue weighted by molar-refractivity contribution is 0.127. The number of hydrogen-bond acceptors (Lipinski definition) is 2. The Morgan fingerprint density at radius 3 is 2.67 bits per heavy atom. The van der Waals surface area contributed by atoms with Gasteiger partial charge < -0.3 is 9.84 Å². The van der Waals surface area contributed by atoms with Crippen LogP contribution >= 0.6 is 0 Å². The van der Waals surface area contributed by atoms with Crippen LogP contribution in [0.1, 0.15) is 33.6 Å². The van der Waals surface area contributed by atoms with Crippen molar-refractivity contribution >= 4 is 0 Å². The van der Waals surface area contributed by atoms with E-state index in [4.69, 9.17) is 4.74 Å². The molecule has 1 atom stereocenters. The van der Waals surface area contributed by atoms with Gasteiger partial charge in [0.25, 0.3) is 0 Å². The molecule has 0 rings (SSSR count). The highest BCUT2D eigenvalue weighted by Gasteiger charge is 1.98. The monoisotopic (exact) mass is 172 g/mol. The fraction of sp³-hybridized carbons (Fsp3) is 0.800. The van der Waals surface area contributed by atoms with E-state index >= 15 is 0 Å². The molecule has 1 N–H and O–H groups in total. The van der Waals surface area contributed by atoms with Crippen LogP contribution in [0.5, 0.6) is 0 Å². The van der Waals surface area contributed by atoms with E-state index in [0.29, 0.717) is 0 Å². The molecule has 0 amide bonds. The average molecular weight is 172 g/mol. The van der Waals surface area contributed by atoms with Crippen molar-refractivity contribution in [1.29, 1.82) is 0 Å². The van der Waals surface area contributed by atoms with Gasteiger partial charge in [0.15, 0.2) is 0 Å². The Morgan fingerprint density at radius 1 is 1.50 bits per heavy atom. The van der Waals surface area contributed by atoms with E-state index in [-0.39, 0.29) is 6.10 Å². The van der Waals surface area contributed by atoms with Gasteiger partial charge in [0.2, 0.25) is 0 Å². The summed E-state index contributed by atoms with van der Waals surface area (Å²) in [6.45, 7) is 7.48. The second-order valence-corrected chi connectivity index (χ2v) is 3.15. The molecule has 0 heterocycles. The van der Waals surface area contributed by atoms with Crippen LogP contribution in [0.15, 0.2) is 11.6 Å². The van der Waals surface area contributed by atoms with Gasteiger partial charge in [-0.05, 0) is 33.6 Å². The lowest BCUT2D eigenvalue weighted by Crippen LogP contribution is -2.05. The zero-order chi connectivity index (χ0) is 9.40. The van der Waals surface area contributed by atoms with Crippen molar-refractivity contribution in [3.63, 3.8) is 0 Å². The van der Waals surface area contributed by atoms with Crippen LogP contribution in [-0.2, 0) is 4.74 Å². The quantitative estimate of drug-likeness (QED) is 0.491. The van der Waals surface area contributed by atoms with E-state index in [1.54, 1.807) is 0 Å². The number of allylic oxidation sites excluding steroid dienone is 1. The standard InChI is InChI=1S/C10H20O2/c1-4-12-7-5-6-10(11)8-9(2)3/h8,10-11H,4-7H2,1-3H3. The largest absolute Gasteiger partial charge is 0.389 e. The first-order chi connectivity index (χ1) is 5.66. The SMILES string of the molecule is CCOCCCC(O)C=C(C)C. The Balaban J connectivity index is 3.32. The summed E-state index contributed by atoms with van der Waals surface area (Å²) in [5.41, 5.74) is 1.17. The Labute approximate surface area is 75.2 Å². The maximum atomic E-state index is 9.39. The van der Waals surface area contributed by atoms with Gasteiger partial charge in [0.1, 0.15) is 0 Å². The van der Waals surface area contributed by atoms with Crippen LogP contribution in [0.2, 0.25) is 0 Å². The molecule has 0 aliphatic carbocycles. The summed E-state index contributed by atoms with van der Waals surface area (Å²) in [5.74, 6) is 0. The fourth-order valence-electron chi connectivity index (χ4n) is 1.01. The Bertz CT molecular complexity index is 126. The van der Waals surface area contributed by atoms with Crippen LogP contribution < -0.4 is 0 Å². The predicted molar refractivity (Wildman–Crippen MR) is 51.2 cm³/mol. The van der Waals surface area contributed by atoms with Crippen molar-refractivity contribution in [3.8, 4) is 0 Å². The molecule has 2 nitrogen and oxygen atoms in total. The first kappa shape index (κ1) is 11.7. The zero-order valence-corrected chi connectivity index (χ0v) is 8.34. The molecule has 0 saturated carbocycles. The first-order valence-electron chi connectivity index (χ1n) is 4.57. The van der Waals surface area contributed by atoms with E-state index in [1.165, 1.54) is 5.57 Å². The summed E-state index contributed by atoms with van der Waals surface area (Å²) in [5, 5.41) is 9.39. The van der Waals surface area contributed by atoms with Crippen LogP contribution in [-0.4, -0.2) is 24.4 Å². The van der Waals surface area contributed by atoms with Gasteiger partial charge in [-0.25, -0.2) is 0 Å². The fourth-order valence-corrected chi connectivity index (χ4v) is 1.01. The first-order valence-corrected chi connectivity index (χ1v) is 4.57. The summed E-state index contributed by atoms with van der Waals surface area (Å²) in [6, 6.07) is 0. The summed E-state index contributed by atoms with van der Waals surface area (Å²) in [7, 11) is 0. The Morgan fingerprint density at radius 2 is 2.17 bits per heavy atom. The number of hydrogen-bond donors (Lipinski definition) is 1. The van der Waals surface area contributed by atoms with Gasteiger partial charge in [0.05, 0.1) is 6.10 Å². The minimum absolute atomic E-state index is 0.296. The van der Waals surface area contributed by atoms with Gasteiger partial charge >= 0.3 is 0 Å². The van der Waals surface area contributed by atoms with E-state index in [9.17, 15) is 5.11 Å². The van der Waals surface area contributed by atoms with Crippen molar-refractivity contribution in [2.75, 3.05) is 13.2 Å². The third-order valence-corrected chi connectivity index (χ3v) is 1.52. The molecule has 1 unspecified atom stereocenters. The highest BCUT2D eigenvalue weighted by molar-refractivity contribution is 4.97. The molecule has 0 saturated heterocycles. The van der Waals surface area contributed by atoms with Crippen molar-refractivity contribution in [2.24, 2.45) is 0 Å². The molecule has 0 bridgehead atoms. The summed E-state index contributed by atoms with van der Waals surface area (Å²) < 4.78 is 5.16. The van der Waals surface area contributed by atoms with Crippen LogP contribution in [0.25, 0.3) is 0 Å².